The number of phenolic OH excluding ortho intramolecular Hbond substituents is 3. The lowest BCUT2D eigenvalue weighted by atomic mass is 9.95. The fourth-order valence-corrected chi connectivity index (χ4v) is 3.62. The third-order valence-corrected chi connectivity index (χ3v) is 5.08. The standard InChI is InChI=1S/C19H18O9/c20-7-13-16(25)18(26)19(27-13)6-10-11(22)5-12(23)14(17(10)28-19)15(24)8-1-3-9(21)4-2-8/h1-5,13,16,18,20-23,25-26H,6-7H2. The van der Waals surface area contributed by atoms with E-state index in [4.69, 9.17) is 9.47 Å². The van der Waals surface area contributed by atoms with Crippen LogP contribution in [0, 0.1) is 0 Å². The molecule has 2 aromatic carbocycles. The van der Waals surface area contributed by atoms with Crippen molar-refractivity contribution in [2.75, 3.05) is 6.61 Å². The number of rotatable bonds is 3. The number of ketones is 1. The minimum Gasteiger partial charge on any atom is -0.508 e. The molecule has 148 valence electrons. The van der Waals surface area contributed by atoms with Gasteiger partial charge in [0.1, 0.15) is 46.9 Å². The van der Waals surface area contributed by atoms with E-state index < -0.39 is 42.2 Å². The van der Waals surface area contributed by atoms with E-state index in [9.17, 15) is 35.4 Å². The molecule has 0 radical (unpaired) electrons. The molecule has 2 heterocycles. The van der Waals surface area contributed by atoms with Gasteiger partial charge in [-0.3, -0.25) is 4.79 Å². The number of phenols is 3. The summed E-state index contributed by atoms with van der Waals surface area (Å²) < 4.78 is 11.2. The van der Waals surface area contributed by atoms with Crippen LogP contribution in [0.3, 0.4) is 0 Å². The third kappa shape index (κ3) is 2.60. The predicted molar refractivity (Wildman–Crippen MR) is 92.3 cm³/mol. The van der Waals surface area contributed by atoms with Gasteiger partial charge < -0.3 is 40.1 Å². The molecule has 2 aliphatic rings. The molecule has 1 spiro atoms. The van der Waals surface area contributed by atoms with Crippen molar-refractivity contribution in [3.05, 3.63) is 47.0 Å². The number of aliphatic hydroxyl groups is 3. The van der Waals surface area contributed by atoms with Crippen LogP contribution in [-0.2, 0) is 11.2 Å². The lowest BCUT2D eigenvalue weighted by molar-refractivity contribution is -0.200. The van der Waals surface area contributed by atoms with Gasteiger partial charge in [0.05, 0.1) is 6.61 Å². The first kappa shape index (κ1) is 18.5. The van der Waals surface area contributed by atoms with Gasteiger partial charge in [-0.2, -0.15) is 0 Å². The first-order valence-corrected chi connectivity index (χ1v) is 8.53. The summed E-state index contributed by atoms with van der Waals surface area (Å²) in [7, 11) is 0. The summed E-state index contributed by atoms with van der Waals surface area (Å²) in [6.45, 7) is -0.573. The van der Waals surface area contributed by atoms with Crippen LogP contribution in [0.4, 0.5) is 0 Å². The molecular weight excluding hydrogens is 372 g/mol. The van der Waals surface area contributed by atoms with E-state index in [0.717, 1.165) is 6.07 Å². The normalized spacial score (nSPS) is 28.3. The summed E-state index contributed by atoms with van der Waals surface area (Å²) in [5.74, 6) is -3.59. The molecule has 28 heavy (non-hydrogen) atoms. The molecule has 0 aromatic heterocycles. The first-order valence-electron chi connectivity index (χ1n) is 8.53. The first-order chi connectivity index (χ1) is 13.3. The summed E-state index contributed by atoms with van der Waals surface area (Å²) in [5, 5.41) is 59.6. The Hall–Kier alpha value is -2.85. The van der Waals surface area contributed by atoms with Gasteiger partial charge in [-0.25, -0.2) is 0 Å². The van der Waals surface area contributed by atoms with E-state index in [0.29, 0.717) is 0 Å². The van der Waals surface area contributed by atoms with Crippen molar-refractivity contribution in [1.82, 2.24) is 0 Å². The van der Waals surface area contributed by atoms with E-state index in [1.54, 1.807) is 0 Å². The maximum Gasteiger partial charge on any atom is 0.244 e. The molecule has 1 fully saturated rings. The van der Waals surface area contributed by atoms with Crippen LogP contribution in [0.25, 0.3) is 0 Å². The maximum atomic E-state index is 12.9. The molecule has 2 aliphatic heterocycles. The molecule has 1 saturated heterocycles. The van der Waals surface area contributed by atoms with Crippen LogP contribution in [0.15, 0.2) is 30.3 Å². The average Bonchev–Trinajstić information content (AvgIpc) is 3.16. The molecular formula is C19H18O9. The lowest BCUT2D eigenvalue weighted by Crippen LogP contribution is -2.47. The second-order valence-electron chi connectivity index (χ2n) is 6.84. The molecule has 4 atom stereocenters. The van der Waals surface area contributed by atoms with Crippen LogP contribution >= 0.6 is 0 Å². The van der Waals surface area contributed by atoms with Crippen LogP contribution in [-0.4, -0.2) is 67.1 Å². The van der Waals surface area contributed by atoms with E-state index >= 15 is 0 Å². The molecule has 9 nitrogen and oxygen atoms in total. The highest BCUT2D eigenvalue weighted by Crippen LogP contribution is 2.51. The van der Waals surface area contributed by atoms with Gasteiger partial charge in [0.2, 0.25) is 11.6 Å². The van der Waals surface area contributed by atoms with Crippen LogP contribution < -0.4 is 4.74 Å². The Labute approximate surface area is 158 Å². The van der Waals surface area contributed by atoms with E-state index in [2.05, 4.69) is 0 Å². The Morgan fingerprint density at radius 2 is 1.79 bits per heavy atom. The van der Waals surface area contributed by atoms with Gasteiger partial charge in [0.15, 0.2) is 0 Å². The summed E-state index contributed by atoms with van der Waals surface area (Å²) in [5.41, 5.74) is 0.00423. The molecule has 4 rings (SSSR count). The maximum absolute atomic E-state index is 12.9. The van der Waals surface area contributed by atoms with Crippen molar-refractivity contribution in [1.29, 1.82) is 0 Å². The Kier molecular flexibility index (Phi) is 4.20. The zero-order valence-corrected chi connectivity index (χ0v) is 14.4. The number of carbonyl (C=O) groups excluding carboxylic acids is 1. The number of aromatic hydroxyl groups is 3. The zero-order valence-electron chi connectivity index (χ0n) is 14.4. The molecule has 2 aromatic rings. The Balaban J connectivity index is 1.79. The minimum absolute atomic E-state index is 0.0431. The predicted octanol–water partition coefficient (Wildman–Crippen LogP) is -0.221. The van der Waals surface area contributed by atoms with Gasteiger partial charge in [-0.15, -0.1) is 0 Å². The molecule has 0 bridgehead atoms. The fraction of sp³-hybridized carbons (Fsp3) is 0.316. The number of fused-ring (bicyclic) bond motifs is 1. The van der Waals surface area contributed by atoms with Crippen LogP contribution in [0.1, 0.15) is 21.5 Å². The van der Waals surface area contributed by atoms with Crippen LogP contribution in [0.5, 0.6) is 23.0 Å². The van der Waals surface area contributed by atoms with E-state index in [1.165, 1.54) is 24.3 Å². The fourth-order valence-electron chi connectivity index (χ4n) is 3.62. The topological polar surface area (TPSA) is 157 Å². The summed E-state index contributed by atoms with van der Waals surface area (Å²) >= 11 is 0. The quantitative estimate of drug-likeness (QED) is 0.390. The lowest BCUT2D eigenvalue weighted by Gasteiger charge is -2.26. The summed E-state index contributed by atoms with van der Waals surface area (Å²) in [6, 6.07) is 6.30. The molecule has 0 amide bonds. The highest BCUT2D eigenvalue weighted by molar-refractivity contribution is 6.13. The Morgan fingerprint density at radius 3 is 2.39 bits per heavy atom. The largest absolute Gasteiger partial charge is 0.508 e. The summed E-state index contributed by atoms with van der Waals surface area (Å²) in [6.07, 6.45) is -4.32. The van der Waals surface area contributed by atoms with E-state index in [1.807, 2.05) is 0 Å². The molecule has 6 N–H and O–H groups in total. The minimum atomic E-state index is -1.82. The van der Waals surface area contributed by atoms with Crippen molar-refractivity contribution in [2.45, 2.75) is 30.5 Å². The number of carbonyl (C=O) groups is 1. The third-order valence-electron chi connectivity index (χ3n) is 5.08. The average molecular weight is 390 g/mol. The Bertz CT molecular complexity index is 939. The van der Waals surface area contributed by atoms with Crippen molar-refractivity contribution < 1.29 is 44.9 Å². The number of benzene rings is 2. The van der Waals surface area contributed by atoms with Crippen LogP contribution in [0.2, 0.25) is 0 Å². The highest BCUT2D eigenvalue weighted by Gasteiger charge is 2.60. The SMILES string of the molecule is O=C(c1ccc(O)cc1)c1c(O)cc(O)c2c1OC1(C2)OC(CO)C(O)C1O. The number of aliphatic hydroxyl groups excluding tert-OH is 3. The van der Waals surface area contributed by atoms with Gasteiger partial charge in [0, 0.05) is 23.6 Å². The van der Waals surface area contributed by atoms with Crippen molar-refractivity contribution in [2.24, 2.45) is 0 Å². The van der Waals surface area contributed by atoms with Crippen molar-refractivity contribution in [3.63, 3.8) is 0 Å². The van der Waals surface area contributed by atoms with Gasteiger partial charge in [-0.1, -0.05) is 0 Å². The number of hydrogen-bond acceptors (Lipinski definition) is 9. The van der Waals surface area contributed by atoms with Crippen molar-refractivity contribution >= 4 is 5.78 Å². The zero-order chi connectivity index (χ0) is 20.2. The molecule has 9 heteroatoms. The van der Waals surface area contributed by atoms with Gasteiger partial charge in [0.25, 0.3) is 0 Å². The second-order valence-corrected chi connectivity index (χ2v) is 6.84. The molecule has 0 saturated carbocycles. The van der Waals surface area contributed by atoms with E-state index in [-0.39, 0.29) is 40.4 Å². The summed E-state index contributed by atoms with van der Waals surface area (Å²) in [4.78, 5) is 12.9. The van der Waals surface area contributed by atoms with Crippen molar-refractivity contribution in [3.8, 4) is 23.0 Å². The number of ether oxygens (including phenoxy) is 2. The monoisotopic (exact) mass is 390 g/mol. The van der Waals surface area contributed by atoms with Gasteiger partial charge in [-0.05, 0) is 24.3 Å². The highest BCUT2D eigenvalue weighted by atomic mass is 16.7. The molecule has 0 aliphatic carbocycles. The number of hydrogen-bond donors (Lipinski definition) is 6. The molecule has 4 unspecified atom stereocenters. The van der Waals surface area contributed by atoms with Gasteiger partial charge >= 0.3 is 0 Å². The second kappa shape index (κ2) is 6.35. The Morgan fingerprint density at radius 1 is 1.11 bits per heavy atom. The smallest absolute Gasteiger partial charge is 0.244 e.